The largest absolute Gasteiger partial charge is 0.493 e. The normalized spacial score (nSPS) is 23.6. The molecule has 1 aromatic carbocycles. The van der Waals surface area contributed by atoms with Gasteiger partial charge in [0.05, 0.1) is 31.4 Å². The summed E-state index contributed by atoms with van der Waals surface area (Å²) in [5.41, 5.74) is 0.408. The Kier molecular flexibility index (Phi) is 8.99. The number of hydrogen-bond acceptors (Lipinski definition) is 7. The van der Waals surface area contributed by atoms with Crippen LogP contribution in [0.4, 0.5) is 4.79 Å². The van der Waals surface area contributed by atoms with Crippen LogP contribution in [0, 0.1) is 5.92 Å². The number of nitrogens with one attached hydrogen (secondary N) is 1. The number of carbonyl (C=O) groups excluding carboxylic acids is 1. The van der Waals surface area contributed by atoms with E-state index in [1.54, 1.807) is 18.3 Å². The number of amides is 1. The summed E-state index contributed by atoms with van der Waals surface area (Å²) < 4.78 is 17.6. The van der Waals surface area contributed by atoms with Crippen LogP contribution in [0.5, 0.6) is 0 Å². The molecule has 10 heteroatoms. The van der Waals surface area contributed by atoms with E-state index in [0.29, 0.717) is 48.9 Å². The minimum Gasteiger partial charge on any atom is -0.493 e. The Morgan fingerprint density at radius 1 is 1.26 bits per heavy atom. The Bertz CT molecular complexity index is 1120. The average molecular weight is 545 g/mol. The molecule has 2 N–H and O–H groups in total. The fourth-order valence-electron chi connectivity index (χ4n) is 4.71. The van der Waals surface area contributed by atoms with Gasteiger partial charge in [0.15, 0.2) is 11.5 Å². The number of amidine groups is 1. The van der Waals surface area contributed by atoms with Crippen molar-refractivity contribution in [1.82, 2.24) is 10.2 Å². The van der Waals surface area contributed by atoms with Crippen LogP contribution in [0.2, 0.25) is 5.02 Å². The van der Waals surface area contributed by atoms with Gasteiger partial charge in [0.2, 0.25) is 0 Å². The van der Waals surface area contributed by atoms with E-state index < -0.39 is 5.60 Å². The molecule has 0 radical (unpaired) electrons. The Hall–Kier alpha value is -3.04. The van der Waals surface area contributed by atoms with Crippen LogP contribution in [0.25, 0.3) is 0 Å². The number of benzene rings is 1. The molecule has 1 aliphatic carbocycles. The second-order valence-corrected chi connectivity index (χ2v) is 11.0. The number of nitrogens with zero attached hydrogens (tertiary/aromatic N) is 3. The van der Waals surface area contributed by atoms with Crippen molar-refractivity contribution in [3.05, 3.63) is 58.5 Å². The van der Waals surface area contributed by atoms with Gasteiger partial charge in [-0.3, -0.25) is 9.98 Å². The van der Waals surface area contributed by atoms with Crippen molar-refractivity contribution in [3.8, 4) is 0 Å². The summed E-state index contributed by atoms with van der Waals surface area (Å²) in [6, 6.07) is 7.07. The minimum absolute atomic E-state index is 0.00391. The van der Waals surface area contributed by atoms with E-state index >= 15 is 0 Å². The second kappa shape index (κ2) is 12.2. The van der Waals surface area contributed by atoms with Crippen molar-refractivity contribution in [1.29, 1.82) is 0 Å². The van der Waals surface area contributed by atoms with Crippen LogP contribution in [-0.4, -0.2) is 72.8 Å². The molecule has 9 nitrogen and oxygen atoms in total. The maximum Gasteiger partial charge on any atom is 0.410 e. The van der Waals surface area contributed by atoms with Gasteiger partial charge >= 0.3 is 6.09 Å². The summed E-state index contributed by atoms with van der Waals surface area (Å²) in [5, 5.41) is 13.5. The Morgan fingerprint density at radius 3 is 2.68 bits per heavy atom. The molecule has 0 spiro atoms. The number of aliphatic hydroxyl groups is 1. The van der Waals surface area contributed by atoms with Gasteiger partial charge in [-0.1, -0.05) is 23.7 Å². The molecule has 4 rings (SSSR count). The molecule has 3 atom stereocenters. The number of aliphatic hydroxyl groups excluding tert-OH is 1. The van der Waals surface area contributed by atoms with Crippen LogP contribution in [0.3, 0.4) is 0 Å². The number of hydrogen-bond donors (Lipinski definition) is 2. The topological polar surface area (TPSA) is 105 Å². The summed E-state index contributed by atoms with van der Waals surface area (Å²) in [7, 11) is 1.62. The zero-order valence-electron chi connectivity index (χ0n) is 22.4. The lowest BCUT2D eigenvalue weighted by molar-refractivity contribution is 0.00269. The monoisotopic (exact) mass is 544 g/mol. The van der Waals surface area contributed by atoms with Crippen LogP contribution in [-0.2, 0) is 14.2 Å². The first-order chi connectivity index (χ1) is 18.2. The van der Waals surface area contributed by atoms with E-state index in [4.69, 9.17) is 30.8 Å². The number of piperidine rings is 1. The van der Waals surface area contributed by atoms with Gasteiger partial charge in [-0.05, 0) is 57.0 Å². The molecule has 1 aromatic rings. The van der Waals surface area contributed by atoms with Gasteiger partial charge in [0, 0.05) is 37.6 Å². The van der Waals surface area contributed by atoms with Crippen molar-refractivity contribution in [3.63, 3.8) is 0 Å². The lowest BCUT2D eigenvalue weighted by atomic mass is 9.91. The highest BCUT2D eigenvalue weighted by Crippen LogP contribution is 2.33. The number of halogens is 1. The molecule has 2 heterocycles. The fraction of sp³-hybridized carbons (Fsp3) is 0.536. The van der Waals surface area contributed by atoms with Gasteiger partial charge in [0.1, 0.15) is 17.5 Å². The molecule has 1 amide bonds. The smallest absolute Gasteiger partial charge is 0.410 e. The molecule has 0 bridgehead atoms. The molecular formula is C28H37ClN4O5. The summed E-state index contributed by atoms with van der Waals surface area (Å²) in [6.07, 6.45) is 7.06. The maximum atomic E-state index is 12.4. The molecule has 1 saturated heterocycles. The summed E-state index contributed by atoms with van der Waals surface area (Å²) in [6.45, 7) is 6.72. The molecule has 2 aliphatic heterocycles. The summed E-state index contributed by atoms with van der Waals surface area (Å²) in [4.78, 5) is 23.7. The summed E-state index contributed by atoms with van der Waals surface area (Å²) >= 11 is 6.22. The van der Waals surface area contributed by atoms with Crippen molar-refractivity contribution in [2.75, 3.05) is 26.8 Å². The molecule has 3 aliphatic rings. The van der Waals surface area contributed by atoms with Gasteiger partial charge in [0.25, 0.3) is 0 Å². The van der Waals surface area contributed by atoms with E-state index in [1.165, 1.54) is 0 Å². The summed E-state index contributed by atoms with van der Waals surface area (Å²) in [5.74, 6) is 1.81. The van der Waals surface area contributed by atoms with Gasteiger partial charge in [-0.2, -0.15) is 0 Å². The molecular weight excluding hydrogens is 508 g/mol. The number of likely N-dealkylation sites (tertiary alicyclic amines) is 1. The predicted octanol–water partition coefficient (Wildman–Crippen LogP) is 4.62. The predicted molar refractivity (Wildman–Crippen MR) is 147 cm³/mol. The maximum absolute atomic E-state index is 12.4. The number of rotatable bonds is 7. The van der Waals surface area contributed by atoms with Crippen LogP contribution in [0.15, 0.2) is 57.9 Å². The number of carbonyl (C=O) groups is 1. The van der Waals surface area contributed by atoms with Gasteiger partial charge < -0.3 is 29.5 Å². The first kappa shape index (κ1) is 28.0. The highest BCUT2D eigenvalue weighted by atomic mass is 35.5. The van der Waals surface area contributed by atoms with Crippen molar-refractivity contribution in [2.45, 2.75) is 63.8 Å². The molecule has 206 valence electrons. The van der Waals surface area contributed by atoms with E-state index in [0.717, 1.165) is 11.4 Å². The zero-order valence-corrected chi connectivity index (χ0v) is 23.1. The molecule has 0 aromatic heterocycles. The number of aliphatic imine (C=N–C) groups is 2. The Morgan fingerprint density at radius 2 is 2.03 bits per heavy atom. The Balaban J connectivity index is 1.50. The third-order valence-electron chi connectivity index (χ3n) is 6.58. The van der Waals surface area contributed by atoms with Gasteiger partial charge in [-0.25, -0.2) is 4.79 Å². The average Bonchev–Trinajstić information content (AvgIpc) is 2.87. The number of ether oxygens (including phenoxy) is 3. The molecule has 38 heavy (non-hydrogen) atoms. The number of methoxy groups -OCH3 is 1. The van der Waals surface area contributed by atoms with Crippen LogP contribution < -0.4 is 5.32 Å². The molecule has 3 unspecified atom stereocenters. The quantitative estimate of drug-likeness (QED) is 0.519. The molecule has 0 saturated carbocycles. The Labute approximate surface area is 229 Å². The van der Waals surface area contributed by atoms with E-state index in [2.05, 4.69) is 10.3 Å². The highest BCUT2D eigenvalue weighted by Gasteiger charge is 2.34. The third kappa shape index (κ3) is 7.08. The standard InChI is InChI=1S/C28H37ClN4O5/c1-28(2,3)38-27(35)33-11-8-20(9-12-33)37-25-15-21-23(16-24(25)36-4)30-17-31-26(21)32-22(10-13-34)18-6-5-7-19(29)14-18/h5-7,14-17,20-23,34H,8-13H2,1-4H3,(H,30,31,32). The van der Waals surface area contributed by atoms with Crippen molar-refractivity contribution < 1.29 is 24.1 Å². The third-order valence-corrected chi connectivity index (χ3v) is 6.81. The first-order valence-corrected chi connectivity index (χ1v) is 13.4. The van der Waals surface area contributed by atoms with Gasteiger partial charge in [-0.15, -0.1) is 0 Å². The van der Waals surface area contributed by atoms with E-state index in [-0.39, 0.29) is 36.8 Å². The SMILES string of the molecule is COC1=CC2N=CNC(=NC(CCO)c3cccc(Cl)c3)C2C=C1OC1CCN(C(=O)OC(C)(C)C)CC1. The van der Waals surface area contributed by atoms with Crippen LogP contribution >= 0.6 is 11.6 Å². The van der Waals surface area contributed by atoms with Crippen molar-refractivity contribution >= 4 is 29.9 Å². The lowest BCUT2D eigenvalue weighted by Gasteiger charge is -2.35. The van der Waals surface area contributed by atoms with E-state index in [9.17, 15) is 9.90 Å². The fourth-order valence-corrected chi connectivity index (χ4v) is 4.91. The van der Waals surface area contributed by atoms with E-state index in [1.807, 2.05) is 57.2 Å². The number of fused-ring (bicyclic) bond motifs is 1. The van der Waals surface area contributed by atoms with Crippen LogP contribution in [0.1, 0.15) is 51.6 Å². The highest BCUT2D eigenvalue weighted by molar-refractivity contribution is 6.30. The minimum atomic E-state index is -0.523. The lowest BCUT2D eigenvalue weighted by Crippen LogP contribution is -2.44. The zero-order chi connectivity index (χ0) is 27.3. The molecule has 1 fully saturated rings. The second-order valence-electron chi connectivity index (χ2n) is 10.6. The van der Waals surface area contributed by atoms with Crippen molar-refractivity contribution in [2.24, 2.45) is 15.9 Å². The first-order valence-electron chi connectivity index (χ1n) is 13.0.